The molecule has 7 nitrogen and oxygen atoms in total. The number of hydrogen-bond acceptors (Lipinski definition) is 5. The van der Waals surface area contributed by atoms with Crippen LogP contribution in [0.2, 0.25) is 0 Å². The Morgan fingerprint density at radius 1 is 1.48 bits per heavy atom. The van der Waals surface area contributed by atoms with Crippen molar-refractivity contribution in [3.8, 4) is 0 Å². The number of ether oxygens (including phenoxy) is 1. The highest BCUT2D eigenvalue weighted by molar-refractivity contribution is 7.12. The van der Waals surface area contributed by atoms with Gasteiger partial charge in [0, 0.05) is 20.7 Å². The summed E-state index contributed by atoms with van der Waals surface area (Å²) in [6.07, 6.45) is -0.787. The van der Waals surface area contributed by atoms with Gasteiger partial charge in [-0.15, -0.1) is 11.3 Å². The lowest BCUT2D eigenvalue weighted by atomic mass is 10.2. The predicted octanol–water partition coefficient (Wildman–Crippen LogP) is 0.426. The Bertz CT molecular complexity index is 489. The number of hydrogen-bond donors (Lipinski definition) is 2. The summed E-state index contributed by atoms with van der Waals surface area (Å²) < 4.78 is 4.95. The molecule has 2 N–H and O–H groups in total. The fourth-order valence-electron chi connectivity index (χ4n) is 1.59. The van der Waals surface area contributed by atoms with E-state index in [-0.39, 0.29) is 31.3 Å². The van der Waals surface area contributed by atoms with Gasteiger partial charge in [0.15, 0.2) is 0 Å². The summed E-state index contributed by atoms with van der Waals surface area (Å²) in [5, 5.41) is 13.0. The molecule has 1 atom stereocenters. The summed E-state index contributed by atoms with van der Waals surface area (Å²) in [5.41, 5.74) is 0. The molecule has 1 rings (SSSR count). The summed E-state index contributed by atoms with van der Waals surface area (Å²) in [6, 6.07) is 3.45. The first kappa shape index (κ1) is 17.1. The largest absolute Gasteiger partial charge is 0.481 e. The fraction of sp³-hybridized carbons (Fsp3) is 0.462. The molecule has 0 spiro atoms. The molecule has 21 heavy (non-hydrogen) atoms. The van der Waals surface area contributed by atoms with Crippen molar-refractivity contribution in [3.05, 3.63) is 22.4 Å². The molecule has 0 aliphatic carbocycles. The van der Waals surface area contributed by atoms with Gasteiger partial charge in [-0.05, 0) is 11.4 Å². The molecule has 1 heterocycles. The second-order valence-corrected chi connectivity index (χ2v) is 5.35. The number of likely N-dealkylation sites (N-methyl/N-ethyl adjacent to an activating group) is 1. The molecule has 0 radical (unpaired) electrons. The van der Waals surface area contributed by atoms with E-state index in [9.17, 15) is 14.4 Å². The number of thiophene rings is 1. The van der Waals surface area contributed by atoms with Crippen molar-refractivity contribution in [1.29, 1.82) is 0 Å². The highest BCUT2D eigenvalue weighted by Gasteiger charge is 2.17. The van der Waals surface area contributed by atoms with E-state index in [4.69, 9.17) is 9.84 Å². The zero-order chi connectivity index (χ0) is 15.8. The van der Waals surface area contributed by atoms with Gasteiger partial charge in [0.2, 0.25) is 5.91 Å². The fourth-order valence-corrected chi connectivity index (χ4v) is 2.31. The molecular weight excluding hydrogens is 296 g/mol. The van der Waals surface area contributed by atoms with Gasteiger partial charge in [-0.25, -0.2) is 0 Å². The number of carboxylic acid groups (broad SMARTS) is 1. The number of amides is 2. The lowest BCUT2D eigenvalue weighted by molar-refractivity contribution is -0.140. The lowest BCUT2D eigenvalue weighted by Gasteiger charge is -2.18. The minimum absolute atomic E-state index is 0.0860. The summed E-state index contributed by atoms with van der Waals surface area (Å²) >= 11 is 1.31. The number of aliphatic carboxylic acids is 1. The van der Waals surface area contributed by atoms with Crippen molar-refractivity contribution in [1.82, 2.24) is 10.2 Å². The van der Waals surface area contributed by atoms with Gasteiger partial charge < -0.3 is 20.1 Å². The van der Waals surface area contributed by atoms with E-state index in [2.05, 4.69) is 5.32 Å². The van der Waals surface area contributed by atoms with Crippen molar-refractivity contribution in [2.24, 2.45) is 0 Å². The number of carboxylic acids is 1. The average Bonchev–Trinajstić information content (AvgIpc) is 2.96. The minimum atomic E-state index is -0.999. The molecule has 0 aliphatic heterocycles. The number of nitrogens with one attached hydrogen (secondary N) is 1. The molecule has 1 aromatic heterocycles. The molecule has 0 aliphatic rings. The molecule has 0 fully saturated rings. The van der Waals surface area contributed by atoms with Crippen molar-refractivity contribution in [3.63, 3.8) is 0 Å². The summed E-state index contributed by atoms with van der Waals surface area (Å²) in [7, 11) is 2.92. The Morgan fingerprint density at radius 3 is 2.71 bits per heavy atom. The lowest BCUT2D eigenvalue weighted by Crippen LogP contribution is -2.41. The van der Waals surface area contributed by atoms with E-state index in [1.54, 1.807) is 17.5 Å². The van der Waals surface area contributed by atoms with Gasteiger partial charge in [-0.3, -0.25) is 14.4 Å². The van der Waals surface area contributed by atoms with Crippen molar-refractivity contribution in [2.45, 2.75) is 12.5 Å². The topological polar surface area (TPSA) is 95.9 Å². The quantitative estimate of drug-likeness (QED) is 0.725. The van der Waals surface area contributed by atoms with Crippen LogP contribution in [0.1, 0.15) is 16.1 Å². The standard InChI is InChI=1S/C13H18N2O5S/c1-15(13(19)10-4-3-5-21-10)8-11(16)14-7-9(20-2)6-12(17)18/h3-5,9H,6-8H2,1-2H3,(H,14,16)(H,17,18). The first-order chi connectivity index (χ1) is 9.93. The van der Waals surface area contributed by atoms with Crippen LogP contribution in [0.3, 0.4) is 0 Å². The minimum Gasteiger partial charge on any atom is -0.481 e. The molecule has 0 saturated heterocycles. The number of methoxy groups -OCH3 is 1. The molecule has 1 aromatic rings. The summed E-state index contributed by atoms with van der Waals surface area (Å²) in [4.78, 5) is 36.1. The highest BCUT2D eigenvalue weighted by Crippen LogP contribution is 2.10. The van der Waals surface area contributed by atoms with Crippen LogP contribution in [0.15, 0.2) is 17.5 Å². The molecule has 2 amide bonds. The Balaban J connectivity index is 2.39. The van der Waals surface area contributed by atoms with Gasteiger partial charge in [-0.2, -0.15) is 0 Å². The number of rotatable bonds is 8. The van der Waals surface area contributed by atoms with Crippen molar-refractivity contribution < 1.29 is 24.2 Å². The van der Waals surface area contributed by atoms with Crippen molar-refractivity contribution in [2.75, 3.05) is 27.2 Å². The normalized spacial score (nSPS) is 11.7. The number of carbonyl (C=O) groups excluding carboxylic acids is 2. The number of carbonyl (C=O) groups is 3. The zero-order valence-electron chi connectivity index (χ0n) is 11.9. The SMILES string of the molecule is COC(CNC(=O)CN(C)C(=O)c1cccs1)CC(=O)O. The first-order valence-electron chi connectivity index (χ1n) is 6.24. The van der Waals surface area contributed by atoms with E-state index in [0.29, 0.717) is 4.88 Å². The number of nitrogens with zero attached hydrogens (tertiary/aromatic N) is 1. The monoisotopic (exact) mass is 314 g/mol. The smallest absolute Gasteiger partial charge is 0.306 e. The van der Waals surface area contributed by atoms with Crippen molar-refractivity contribution >= 4 is 29.1 Å². The van der Waals surface area contributed by atoms with Gasteiger partial charge in [0.05, 0.1) is 23.9 Å². The maximum atomic E-state index is 11.9. The molecule has 0 bridgehead atoms. The molecule has 116 valence electrons. The molecule has 0 aromatic carbocycles. The summed E-state index contributed by atoms with van der Waals surface area (Å²) in [6.45, 7) is -0.0110. The van der Waals surface area contributed by atoms with E-state index in [0.717, 1.165) is 0 Å². The van der Waals surface area contributed by atoms with E-state index >= 15 is 0 Å². The van der Waals surface area contributed by atoms with Crippen LogP contribution in [0.25, 0.3) is 0 Å². The Hall–Kier alpha value is -1.93. The van der Waals surface area contributed by atoms with Gasteiger partial charge in [0.1, 0.15) is 0 Å². The van der Waals surface area contributed by atoms with Crippen LogP contribution in [0, 0.1) is 0 Å². The average molecular weight is 314 g/mol. The maximum absolute atomic E-state index is 11.9. The second-order valence-electron chi connectivity index (χ2n) is 4.40. The summed E-state index contributed by atoms with van der Waals surface area (Å²) in [5.74, 6) is -1.59. The molecule has 0 saturated carbocycles. The first-order valence-corrected chi connectivity index (χ1v) is 7.12. The third-order valence-electron chi connectivity index (χ3n) is 2.72. The van der Waals surface area contributed by atoms with Crippen LogP contribution in [0.5, 0.6) is 0 Å². The van der Waals surface area contributed by atoms with E-state index in [1.807, 2.05) is 0 Å². The Labute approximate surface area is 126 Å². The van der Waals surface area contributed by atoms with Crippen LogP contribution >= 0.6 is 11.3 Å². The Morgan fingerprint density at radius 2 is 2.19 bits per heavy atom. The molecule has 1 unspecified atom stereocenters. The molecular formula is C13H18N2O5S. The predicted molar refractivity (Wildman–Crippen MR) is 77.3 cm³/mol. The van der Waals surface area contributed by atoms with E-state index < -0.39 is 12.1 Å². The van der Waals surface area contributed by atoms with Crippen LogP contribution in [-0.2, 0) is 14.3 Å². The second kappa shape index (κ2) is 8.38. The van der Waals surface area contributed by atoms with Gasteiger partial charge >= 0.3 is 5.97 Å². The van der Waals surface area contributed by atoms with Gasteiger partial charge in [0.25, 0.3) is 5.91 Å². The zero-order valence-corrected chi connectivity index (χ0v) is 12.7. The van der Waals surface area contributed by atoms with E-state index in [1.165, 1.54) is 30.4 Å². The van der Waals surface area contributed by atoms with Crippen LogP contribution in [-0.4, -0.2) is 61.1 Å². The molecule has 8 heteroatoms. The Kier molecular flexibility index (Phi) is 6.83. The van der Waals surface area contributed by atoms with Crippen LogP contribution in [0.4, 0.5) is 0 Å². The van der Waals surface area contributed by atoms with Crippen LogP contribution < -0.4 is 5.32 Å². The third-order valence-corrected chi connectivity index (χ3v) is 3.58. The third kappa shape index (κ3) is 5.92. The van der Waals surface area contributed by atoms with Gasteiger partial charge in [-0.1, -0.05) is 6.07 Å². The highest BCUT2D eigenvalue weighted by atomic mass is 32.1. The maximum Gasteiger partial charge on any atom is 0.306 e.